The highest BCUT2D eigenvalue weighted by molar-refractivity contribution is 7.80. The van der Waals surface area contributed by atoms with Gasteiger partial charge in [-0.15, -0.1) is 11.3 Å². The Morgan fingerprint density at radius 2 is 1.42 bits per heavy atom. The zero-order valence-corrected chi connectivity index (χ0v) is 22.7. The number of anilines is 2. The van der Waals surface area contributed by atoms with E-state index in [1.54, 1.807) is 45.9 Å². The molecule has 2 aromatic carbocycles. The van der Waals surface area contributed by atoms with Gasteiger partial charge in [-0.25, -0.2) is 14.4 Å². The molecule has 11 heteroatoms. The molecule has 0 atom stereocenters. The molecule has 1 heterocycles. The van der Waals surface area contributed by atoms with Crippen molar-refractivity contribution >= 4 is 79.6 Å². The first-order valence-corrected chi connectivity index (χ1v) is 12.5. The molecule has 0 amide bonds. The third-order valence-electron chi connectivity index (χ3n) is 4.61. The van der Waals surface area contributed by atoms with Crippen molar-refractivity contribution in [1.82, 2.24) is 0 Å². The molecule has 0 saturated heterocycles. The normalized spacial score (nSPS) is 10.9. The van der Waals surface area contributed by atoms with Gasteiger partial charge in [-0.1, -0.05) is 11.6 Å². The number of methoxy groups -OCH3 is 1. The SMILES string of the molecule is COC(=O)c1sc2cc(NC(=S)Nc3cc(C(=O)OC(C)C)cc(C(=O)OC(C)C)c3)ccc2c1Cl. The van der Waals surface area contributed by atoms with Crippen LogP contribution in [0.1, 0.15) is 58.1 Å². The Balaban J connectivity index is 1.84. The number of thiophene rings is 1. The summed E-state index contributed by atoms with van der Waals surface area (Å²) in [6, 6.07) is 9.83. The zero-order valence-electron chi connectivity index (χ0n) is 20.3. The largest absolute Gasteiger partial charge is 0.465 e. The highest BCUT2D eigenvalue weighted by atomic mass is 35.5. The molecule has 0 aliphatic rings. The topological polar surface area (TPSA) is 103 Å². The first-order valence-electron chi connectivity index (χ1n) is 10.9. The fourth-order valence-corrected chi connectivity index (χ4v) is 4.86. The number of fused-ring (bicyclic) bond motifs is 1. The Labute approximate surface area is 222 Å². The molecular weight excluding hydrogens is 524 g/mol. The van der Waals surface area contributed by atoms with Crippen molar-refractivity contribution in [3.05, 3.63) is 57.4 Å². The molecular formula is C25H25ClN2O6S2. The maximum atomic E-state index is 12.5. The second-order valence-corrected chi connectivity index (χ2v) is 10.1. The fourth-order valence-electron chi connectivity index (χ4n) is 3.16. The van der Waals surface area contributed by atoms with Crippen molar-refractivity contribution in [2.45, 2.75) is 39.9 Å². The lowest BCUT2D eigenvalue weighted by atomic mass is 10.1. The molecule has 3 rings (SSSR count). The Morgan fingerprint density at radius 3 is 1.94 bits per heavy atom. The summed E-state index contributed by atoms with van der Waals surface area (Å²) >= 11 is 13.0. The minimum absolute atomic E-state index is 0.178. The van der Waals surface area contributed by atoms with Crippen LogP contribution in [0.15, 0.2) is 36.4 Å². The molecule has 0 unspecified atom stereocenters. The summed E-state index contributed by atoms with van der Waals surface area (Å²) < 4.78 is 16.1. The number of esters is 3. The van der Waals surface area contributed by atoms with Crippen LogP contribution in [0.4, 0.5) is 11.4 Å². The van der Waals surface area contributed by atoms with E-state index in [1.807, 2.05) is 0 Å². The monoisotopic (exact) mass is 548 g/mol. The van der Waals surface area contributed by atoms with Crippen LogP contribution in [0.3, 0.4) is 0 Å². The molecule has 0 saturated carbocycles. The highest BCUT2D eigenvalue weighted by Gasteiger charge is 2.19. The van der Waals surface area contributed by atoms with Gasteiger partial charge >= 0.3 is 17.9 Å². The summed E-state index contributed by atoms with van der Waals surface area (Å²) in [5, 5.41) is 7.30. The quantitative estimate of drug-likeness (QED) is 0.200. The molecule has 0 radical (unpaired) electrons. The lowest BCUT2D eigenvalue weighted by Gasteiger charge is -2.15. The maximum Gasteiger partial charge on any atom is 0.349 e. The number of hydrogen-bond donors (Lipinski definition) is 2. The van der Waals surface area contributed by atoms with Gasteiger partial charge in [0, 0.05) is 21.5 Å². The van der Waals surface area contributed by atoms with Crippen LogP contribution in [0.25, 0.3) is 10.1 Å². The molecule has 3 aromatic rings. The molecule has 1 aromatic heterocycles. The Morgan fingerprint density at radius 1 is 0.861 bits per heavy atom. The van der Waals surface area contributed by atoms with Crippen molar-refractivity contribution in [2.75, 3.05) is 17.7 Å². The number of ether oxygens (including phenoxy) is 3. The van der Waals surface area contributed by atoms with E-state index in [2.05, 4.69) is 10.6 Å². The molecule has 0 spiro atoms. The van der Waals surface area contributed by atoms with Crippen LogP contribution in [-0.4, -0.2) is 42.3 Å². The Hall–Kier alpha value is -3.21. The third kappa shape index (κ3) is 6.71. The van der Waals surface area contributed by atoms with E-state index in [0.717, 1.165) is 10.1 Å². The number of rotatable bonds is 7. The van der Waals surface area contributed by atoms with Crippen LogP contribution in [-0.2, 0) is 14.2 Å². The molecule has 0 aliphatic heterocycles. The molecule has 8 nitrogen and oxygen atoms in total. The lowest BCUT2D eigenvalue weighted by molar-refractivity contribution is 0.0377. The standard InChI is InChI=1S/C25H25ClN2O6S2/c1-12(2)33-22(29)14-8-15(23(30)34-13(3)4)10-17(9-14)28-25(35)27-16-6-7-18-19(11-16)36-21(20(18)26)24(31)32-5/h6-13H,1-5H3,(H2,27,28,35). The van der Waals surface area contributed by atoms with E-state index in [1.165, 1.54) is 36.6 Å². The van der Waals surface area contributed by atoms with Gasteiger partial charge in [0.25, 0.3) is 0 Å². The molecule has 190 valence electrons. The van der Waals surface area contributed by atoms with Crippen molar-refractivity contribution in [1.29, 1.82) is 0 Å². The smallest absolute Gasteiger partial charge is 0.349 e. The van der Waals surface area contributed by atoms with Gasteiger partial charge in [0.2, 0.25) is 0 Å². The third-order valence-corrected chi connectivity index (χ3v) is 6.45. The van der Waals surface area contributed by atoms with Crippen LogP contribution in [0, 0.1) is 0 Å². The van der Waals surface area contributed by atoms with Crippen LogP contribution in [0.2, 0.25) is 5.02 Å². The number of thiocarbonyl (C=S) groups is 1. The van der Waals surface area contributed by atoms with Crippen LogP contribution < -0.4 is 10.6 Å². The molecule has 2 N–H and O–H groups in total. The Bertz CT molecular complexity index is 1300. The molecule has 0 bridgehead atoms. The minimum atomic E-state index is -0.576. The average Bonchev–Trinajstić information content (AvgIpc) is 3.13. The predicted molar refractivity (Wildman–Crippen MR) is 146 cm³/mol. The van der Waals surface area contributed by atoms with E-state index < -0.39 is 17.9 Å². The lowest BCUT2D eigenvalue weighted by Crippen LogP contribution is -2.20. The number of carbonyl (C=O) groups is 3. The Kier molecular flexibility index (Phi) is 8.89. The van der Waals surface area contributed by atoms with Gasteiger partial charge in [0.05, 0.1) is 35.5 Å². The molecule has 0 fully saturated rings. The maximum absolute atomic E-state index is 12.5. The van der Waals surface area contributed by atoms with E-state index in [-0.39, 0.29) is 28.4 Å². The van der Waals surface area contributed by atoms with Crippen molar-refractivity contribution < 1.29 is 28.6 Å². The molecule has 0 aliphatic carbocycles. The highest BCUT2D eigenvalue weighted by Crippen LogP contribution is 2.37. The first-order chi connectivity index (χ1) is 17.0. The van der Waals surface area contributed by atoms with Crippen LogP contribution >= 0.6 is 35.2 Å². The van der Waals surface area contributed by atoms with Gasteiger partial charge in [-0.05, 0) is 76.3 Å². The number of carbonyl (C=O) groups excluding carboxylic acids is 3. The average molecular weight is 549 g/mol. The summed E-state index contributed by atoms with van der Waals surface area (Å²) in [5.74, 6) is -1.66. The first kappa shape index (κ1) is 27.4. The number of hydrogen-bond acceptors (Lipinski definition) is 8. The second kappa shape index (κ2) is 11.7. The van der Waals surface area contributed by atoms with E-state index >= 15 is 0 Å². The van der Waals surface area contributed by atoms with E-state index in [9.17, 15) is 14.4 Å². The fraction of sp³-hybridized carbons (Fsp3) is 0.280. The molecule has 36 heavy (non-hydrogen) atoms. The van der Waals surface area contributed by atoms with E-state index in [4.69, 9.17) is 38.0 Å². The number of halogens is 1. The zero-order chi connectivity index (χ0) is 26.6. The summed E-state index contributed by atoms with van der Waals surface area (Å²) in [6.07, 6.45) is -0.661. The van der Waals surface area contributed by atoms with Gasteiger partial charge in [0.1, 0.15) is 4.88 Å². The van der Waals surface area contributed by atoms with Gasteiger partial charge in [-0.2, -0.15) is 0 Å². The number of nitrogens with one attached hydrogen (secondary N) is 2. The number of benzene rings is 2. The summed E-state index contributed by atoms with van der Waals surface area (Å²) in [5.41, 5.74) is 1.40. The van der Waals surface area contributed by atoms with E-state index in [0.29, 0.717) is 21.3 Å². The van der Waals surface area contributed by atoms with Crippen molar-refractivity contribution in [3.63, 3.8) is 0 Å². The van der Waals surface area contributed by atoms with Crippen LogP contribution in [0.5, 0.6) is 0 Å². The minimum Gasteiger partial charge on any atom is -0.465 e. The summed E-state index contributed by atoms with van der Waals surface area (Å²) in [4.78, 5) is 37.3. The van der Waals surface area contributed by atoms with Crippen molar-refractivity contribution in [2.24, 2.45) is 0 Å². The van der Waals surface area contributed by atoms with Gasteiger partial charge < -0.3 is 24.8 Å². The summed E-state index contributed by atoms with van der Waals surface area (Å²) in [6.45, 7) is 6.94. The summed E-state index contributed by atoms with van der Waals surface area (Å²) in [7, 11) is 1.30. The van der Waals surface area contributed by atoms with Gasteiger partial charge in [-0.3, -0.25) is 0 Å². The van der Waals surface area contributed by atoms with Crippen molar-refractivity contribution in [3.8, 4) is 0 Å². The van der Waals surface area contributed by atoms with Gasteiger partial charge in [0.15, 0.2) is 5.11 Å². The second-order valence-electron chi connectivity index (χ2n) is 8.23. The predicted octanol–water partition coefficient (Wildman–Crippen LogP) is 6.28.